The lowest BCUT2D eigenvalue weighted by Crippen LogP contribution is -2.29. The molecule has 1 amide bonds. The molecule has 0 bridgehead atoms. The van der Waals surface area contributed by atoms with Crippen LogP contribution in [0.15, 0.2) is 59.9 Å². The third-order valence-electron chi connectivity index (χ3n) is 4.74. The fourth-order valence-electron chi connectivity index (χ4n) is 3.36. The highest BCUT2D eigenvalue weighted by Crippen LogP contribution is 2.42. The third-order valence-corrected chi connectivity index (χ3v) is 5.51. The van der Waals surface area contributed by atoms with Gasteiger partial charge in [0, 0.05) is 29.5 Å². The number of thiazole rings is 1. The molecule has 1 aromatic carbocycles. The smallest absolute Gasteiger partial charge is 0.301 e. The molecule has 0 aliphatic carbocycles. The molecule has 3 aromatic rings. The van der Waals surface area contributed by atoms with E-state index in [0.29, 0.717) is 16.3 Å². The van der Waals surface area contributed by atoms with Gasteiger partial charge in [0.15, 0.2) is 5.13 Å². The van der Waals surface area contributed by atoms with Crippen molar-refractivity contribution in [2.45, 2.75) is 19.9 Å². The van der Waals surface area contributed by atoms with Crippen molar-refractivity contribution in [2.24, 2.45) is 0 Å². The number of rotatable bonds is 3. The van der Waals surface area contributed by atoms with Crippen molar-refractivity contribution < 1.29 is 14.7 Å². The first kappa shape index (κ1) is 18.1. The lowest BCUT2D eigenvalue weighted by molar-refractivity contribution is -0.132. The van der Waals surface area contributed by atoms with Gasteiger partial charge >= 0.3 is 5.91 Å². The van der Waals surface area contributed by atoms with E-state index in [2.05, 4.69) is 9.97 Å². The number of aryl methyl sites for hydroxylation is 2. The predicted octanol–water partition coefficient (Wildman–Crippen LogP) is 3.78. The van der Waals surface area contributed by atoms with Gasteiger partial charge in [0.05, 0.1) is 11.6 Å². The molecule has 7 heteroatoms. The monoisotopic (exact) mass is 391 g/mol. The van der Waals surface area contributed by atoms with Crippen LogP contribution in [0.1, 0.15) is 28.3 Å². The Kier molecular flexibility index (Phi) is 4.52. The van der Waals surface area contributed by atoms with E-state index in [1.807, 2.05) is 32.0 Å². The van der Waals surface area contributed by atoms with Crippen LogP contribution in [0.5, 0.6) is 0 Å². The summed E-state index contributed by atoms with van der Waals surface area (Å²) in [5.74, 6) is -1.61. The maximum Gasteiger partial charge on any atom is 0.301 e. The Morgan fingerprint density at radius 1 is 1.11 bits per heavy atom. The number of hydrogen-bond donors (Lipinski definition) is 1. The summed E-state index contributed by atoms with van der Waals surface area (Å²) in [5.41, 5.74) is 3.03. The van der Waals surface area contributed by atoms with Crippen LogP contribution < -0.4 is 4.90 Å². The Hall–Kier alpha value is -3.32. The van der Waals surface area contributed by atoms with Crippen LogP contribution in [0.3, 0.4) is 0 Å². The van der Waals surface area contributed by atoms with Crippen molar-refractivity contribution in [3.05, 3.63) is 82.1 Å². The number of Topliss-reactive ketones (excluding diaryl/α,β-unsaturated/α-hetero) is 1. The van der Waals surface area contributed by atoms with E-state index in [1.54, 1.807) is 36.1 Å². The first-order valence-electron chi connectivity index (χ1n) is 8.67. The molecule has 6 nitrogen and oxygen atoms in total. The summed E-state index contributed by atoms with van der Waals surface area (Å²) >= 11 is 1.26. The Labute approximate surface area is 165 Å². The number of aliphatic hydroxyl groups excluding tert-OH is 1. The number of ketones is 1. The molecular weight excluding hydrogens is 374 g/mol. The van der Waals surface area contributed by atoms with Gasteiger partial charge in [-0.2, -0.15) is 0 Å². The normalized spacial score (nSPS) is 18.6. The second-order valence-corrected chi connectivity index (χ2v) is 7.46. The number of pyridine rings is 1. The molecule has 1 N–H and O–H groups in total. The molecule has 3 heterocycles. The summed E-state index contributed by atoms with van der Waals surface area (Å²) in [7, 11) is 0. The maximum absolute atomic E-state index is 13.0. The van der Waals surface area contributed by atoms with Crippen molar-refractivity contribution in [3.63, 3.8) is 0 Å². The number of anilines is 1. The molecule has 1 aliphatic rings. The molecule has 0 unspecified atom stereocenters. The molecule has 1 aliphatic heterocycles. The second-order valence-electron chi connectivity index (χ2n) is 6.58. The van der Waals surface area contributed by atoms with Crippen LogP contribution in [0.25, 0.3) is 5.76 Å². The average molecular weight is 391 g/mol. The quantitative estimate of drug-likeness (QED) is 0.417. The minimum absolute atomic E-state index is 0.0556. The fourth-order valence-corrected chi connectivity index (χ4v) is 4.03. The third kappa shape index (κ3) is 2.90. The number of carbonyl (C=O) groups is 2. The topological polar surface area (TPSA) is 83.4 Å². The largest absolute Gasteiger partial charge is 0.507 e. The molecule has 0 saturated carbocycles. The van der Waals surface area contributed by atoms with Gasteiger partial charge in [0.25, 0.3) is 5.78 Å². The number of aromatic nitrogens is 2. The number of benzene rings is 1. The van der Waals surface area contributed by atoms with E-state index >= 15 is 0 Å². The Balaban J connectivity index is 1.97. The highest BCUT2D eigenvalue weighted by Gasteiger charge is 2.48. The lowest BCUT2D eigenvalue weighted by atomic mass is 9.94. The van der Waals surface area contributed by atoms with Crippen molar-refractivity contribution in [2.75, 3.05) is 4.90 Å². The zero-order valence-corrected chi connectivity index (χ0v) is 16.1. The molecule has 1 atom stereocenters. The Bertz CT molecular complexity index is 1090. The lowest BCUT2D eigenvalue weighted by Gasteiger charge is -2.23. The second kappa shape index (κ2) is 7.01. The SMILES string of the molecule is Cc1ccc(C)c(C(O)=C2C(=O)C(=O)N(c3nccs3)[C@@H]2c2ccncc2)c1. The summed E-state index contributed by atoms with van der Waals surface area (Å²) in [6, 6.07) is 8.31. The van der Waals surface area contributed by atoms with Crippen LogP contribution in [0, 0.1) is 13.8 Å². The molecule has 0 radical (unpaired) electrons. The molecule has 28 heavy (non-hydrogen) atoms. The van der Waals surface area contributed by atoms with Gasteiger partial charge in [-0.3, -0.25) is 19.5 Å². The van der Waals surface area contributed by atoms with Gasteiger partial charge in [0.2, 0.25) is 0 Å². The molecule has 1 saturated heterocycles. The Morgan fingerprint density at radius 3 is 2.54 bits per heavy atom. The molecule has 140 valence electrons. The van der Waals surface area contributed by atoms with Crippen LogP contribution in [0.2, 0.25) is 0 Å². The predicted molar refractivity (Wildman–Crippen MR) is 107 cm³/mol. The van der Waals surface area contributed by atoms with Crippen LogP contribution in [-0.4, -0.2) is 26.8 Å². The fraction of sp³-hybridized carbons (Fsp3) is 0.143. The zero-order valence-electron chi connectivity index (χ0n) is 15.3. The summed E-state index contributed by atoms with van der Waals surface area (Å²) < 4.78 is 0. The van der Waals surface area contributed by atoms with Gasteiger partial charge in [-0.15, -0.1) is 11.3 Å². The van der Waals surface area contributed by atoms with Gasteiger partial charge in [-0.05, 0) is 43.2 Å². The highest BCUT2D eigenvalue weighted by atomic mass is 32.1. The number of nitrogens with zero attached hydrogens (tertiary/aromatic N) is 3. The molecule has 1 fully saturated rings. The maximum atomic E-state index is 13.0. The van der Waals surface area contributed by atoms with E-state index < -0.39 is 17.7 Å². The molecule has 4 rings (SSSR count). The zero-order chi connectivity index (χ0) is 19.8. The van der Waals surface area contributed by atoms with Gasteiger partial charge in [-0.1, -0.05) is 17.7 Å². The average Bonchev–Trinajstić information content (AvgIpc) is 3.31. The summed E-state index contributed by atoms with van der Waals surface area (Å²) in [6.07, 6.45) is 4.76. The minimum Gasteiger partial charge on any atom is -0.507 e. The number of aliphatic hydroxyl groups is 1. The summed E-state index contributed by atoms with van der Waals surface area (Å²) in [4.78, 5) is 35.4. The minimum atomic E-state index is -0.769. The van der Waals surface area contributed by atoms with Crippen LogP contribution >= 0.6 is 11.3 Å². The van der Waals surface area contributed by atoms with Crippen molar-refractivity contribution >= 4 is 33.9 Å². The molecule has 2 aromatic heterocycles. The number of amides is 1. The van der Waals surface area contributed by atoms with Crippen LogP contribution in [0.4, 0.5) is 5.13 Å². The standard InChI is InChI=1S/C21H17N3O3S/c1-12-3-4-13(2)15(11-12)18(25)16-17(14-5-7-22-8-6-14)24(20(27)19(16)26)21-23-9-10-28-21/h3-11,17,25H,1-2H3/t17-/m1/s1. The first-order chi connectivity index (χ1) is 13.5. The number of carbonyl (C=O) groups excluding carboxylic acids is 2. The van der Waals surface area contributed by atoms with E-state index in [0.717, 1.165) is 11.1 Å². The molecule has 0 spiro atoms. The van der Waals surface area contributed by atoms with Crippen LogP contribution in [-0.2, 0) is 9.59 Å². The highest BCUT2D eigenvalue weighted by molar-refractivity contribution is 7.14. The van der Waals surface area contributed by atoms with E-state index in [-0.39, 0.29) is 11.3 Å². The van der Waals surface area contributed by atoms with E-state index in [1.165, 1.54) is 16.2 Å². The van der Waals surface area contributed by atoms with Crippen molar-refractivity contribution in [1.29, 1.82) is 0 Å². The summed E-state index contributed by atoms with van der Waals surface area (Å²) in [5, 5.41) is 13.3. The molecular formula is C21H17N3O3S. The van der Waals surface area contributed by atoms with Gasteiger partial charge in [-0.25, -0.2) is 4.98 Å². The van der Waals surface area contributed by atoms with Crippen molar-refractivity contribution in [1.82, 2.24) is 9.97 Å². The first-order valence-corrected chi connectivity index (χ1v) is 9.55. The number of hydrogen-bond acceptors (Lipinski definition) is 6. The van der Waals surface area contributed by atoms with Gasteiger partial charge < -0.3 is 5.11 Å². The Morgan fingerprint density at radius 2 is 1.86 bits per heavy atom. The van der Waals surface area contributed by atoms with Gasteiger partial charge in [0.1, 0.15) is 5.76 Å². The van der Waals surface area contributed by atoms with E-state index in [9.17, 15) is 14.7 Å². The van der Waals surface area contributed by atoms with Crippen molar-refractivity contribution in [3.8, 4) is 0 Å². The summed E-state index contributed by atoms with van der Waals surface area (Å²) in [6.45, 7) is 3.76. The van der Waals surface area contributed by atoms with E-state index in [4.69, 9.17) is 0 Å².